The van der Waals surface area contributed by atoms with Crippen LogP contribution in [0.4, 0.5) is 0 Å². The van der Waals surface area contributed by atoms with Crippen LogP contribution in [-0.2, 0) is 0 Å². The fourth-order valence-electron chi connectivity index (χ4n) is 0.871. The first kappa shape index (κ1) is 11.1. The van der Waals surface area contributed by atoms with Crippen LogP contribution in [0.5, 0.6) is 0 Å². The van der Waals surface area contributed by atoms with Crippen molar-refractivity contribution >= 4 is 27.7 Å². The molecule has 72 valence electrons. The summed E-state index contributed by atoms with van der Waals surface area (Å²) in [5.41, 5.74) is 1.27. The summed E-state index contributed by atoms with van der Waals surface area (Å²) in [6, 6.07) is 8.34. The summed E-state index contributed by atoms with van der Waals surface area (Å²) in [6.07, 6.45) is -0.258. The molecule has 0 aliphatic carbocycles. The second-order valence-corrected chi connectivity index (χ2v) is 4.67. The molecule has 13 heavy (non-hydrogen) atoms. The highest BCUT2D eigenvalue weighted by molar-refractivity contribution is 9.09. The van der Waals surface area contributed by atoms with Gasteiger partial charge in [0.1, 0.15) is 0 Å². The molecular weight excluding hydrogens is 248 g/mol. The number of aryl methyl sites for hydroxylation is 1. The molecule has 0 heterocycles. The monoisotopic (exact) mass is 260 g/mol. The SMILES string of the molecule is Cc1ccc(SCC(O)CBr)cc1. The fourth-order valence-corrected chi connectivity index (χ4v) is 2.23. The van der Waals surface area contributed by atoms with Gasteiger partial charge in [0.25, 0.3) is 0 Å². The van der Waals surface area contributed by atoms with Crippen molar-refractivity contribution in [1.82, 2.24) is 0 Å². The highest BCUT2D eigenvalue weighted by atomic mass is 79.9. The average Bonchev–Trinajstić information content (AvgIpc) is 2.16. The molecule has 0 bridgehead atoms. The minimum Gasteiger partial charge on any atom is -0.391 e. The van der Waals surface area contributed by atoms with Crippen LogP contribution in [0.1, 0.15) is 5.56 Å². The third-order valence-electron chi connectivity index (χ3n) is 1.64. The van der Waals surface area contributed by atoms with E-state index in [4.69, 9.17) is 0 Å². The Morgan fingerprint density at radius 1 is 1.38 bits per heavy atom. The minimum atomic E-state index is -0.258. The van der Waals surface area contributed by atoms with Gasteiger partial charge in [-0.15, -0.1) is 11.8 Å². The van der Waals surface area contributed by atoms with Crippen molar-refractivity contribution < 1.29 is 5.11 Å². The van der Waals surface area contributed by atoms with Gasteiger partial charge in [-0.1, -0.05) is 33.6 Å². The Balaban J connectivity index is 2.41. The number of aliphatic hydroxyl groups is 1. The van der Waals surface area contributed by atoms with E-state index in [1.807, 2.05) is 0 Å². The molecule has 1 nitrogen and oxygen atoms in total. The number of hydrogen-bond acceptors (Lipinski definition) is 2. The highest BCUT2D eigenvalue weighted by Crippen LogP contribution is 2.19. The Labute approximate surface area is 91.7 Å². The number of alkyl halides is 1. The lowest BCUT2D eigenvalue weighted by molar-refractivity contribution is 0.226. The van der Waals surface area contributed by atoms with E-state index in [0.717, 1.165) is 5.75 Å². The lowest BCUT2D eigenvalue weighted by Crippen LogP contribution is -2.10. The second-order valence-electron chi connectivity index (χ2n) is 2.93. The van der Waals surface area contributed by atoms with Gasteiger partial charge in [-0.2, -0.15) is 0 Å². The summed E-state index contributed by atoms with van der Waals surface area (Å²) in [6.45, 7) is 2.07. The van der Waals surface area contributed by atoms with Crippen molar-refractivity contribution in [3.8, 4) is 0 Å². The molecule has 0 radical (unpaired) electrons. The van der Waals surface area contributed by atoms with Crippen molar-refractivity contribution in [3.63, 3.8) is 0 Å². The van der Waals surface area contributed by atoms with Crippen LogP contribution in [0.2, 0.25) is 0 Å². The summed E-state index contributed by atoms with van der Waals surface area (Å²) < 4.78 is 0. The predicted molar refractivity (Wildman–Crippen MR) is 61.7 cm³/mol. The Kier molecular flexibility index (Phi) is 4.84. The van der Waals surface area contributed by atoms with E-state index in [1.54, 1.807) is 11.8 Å². The van der Waals surface area contributed by atoms with E-state index in [9.17, 15) is 5.11 Å². The van der Waals surface area contributed by atoms with E-state index in [2.05, 4.69) is 47.1 Å². The smallest absolute Gasteiger partial charge is 0.0730 e. The van der Waals surface area contributed by atoms with Crippen LogP contribution in [-0.4, -0.2) is 22.3 Å². The fraction of sp³-hybridized carbons (Fsp3) is 0.400. The third kappa shape index (κ3) is 4.16. The van der Waals surface area contributed by atoms with Gasteiger partial charge in [0, 0.05) is 16.0 Å². The lowest BCUT2D eigenvalue weighted by Gasteiger charge is -2.06. The van der Waals surface area contributed by atoms with Gasteiger partial charge in [0.2, 0.25) is 0 Å². The molecule has 0 aliphatic rings. The number of benzene rings is 1. The molecule has 1 atom stereocenters. The number of thioether (sulfide) groups is 1. The molecule has 0 amide bonds. The number of aliphatic hydroxyl groups excluding tert-OH is 1. The van der Waals surface area contributed by atoms with Crippen LogP contribution in [0.25, 0.3) is 0 Å². The third-order valence-corrected chi connectivity index (χ3v) is 3.55. The standard InChI is InChI=1S/C10H13BrOS/c1-8-2-4-10(5-3-8)13-7-9(12)6-11/h2-5,9,12H,6-7H2,1H3. The molecule has 1 aromatic rings. The first-order valence-corrected chi connectivity index (χ1v) is 6.26. The van der Waals surface area contributed by atoms with Crippen LogP contribution < -0.4 is 0 Å². The Bertz CT molecular complexity index is 248. The van der Waals surface area contributed by atoms with Crippen molar-refractivity contribution in [2.24, 2.45) is 0 Å². The van der Waals surface area contributed by atoms with E-state index >= 15 is 0 Å². The maximum absolute atomic E-state index is 9.31. The van der Waals surface area contributed by atoms with Gasteiger partial charge in [0.15, 0.2) is 0 Å². The first-order valence-electron chi connectivity index (χ1n) is 4.16. The normalized spacial score (nSPS) is 12.8. The Hall–Kier alpha value is 0.01000. The van der Waals surface area contributed by atoms with Gasteiger partial charge in [-0.05, 0) is 19.1 Å². The zero-order valence-electron chi connectivity index (χ0n) is 7.53. The van der Waals surface area contributed by atoms with Crippen LogP contribution in [0, 0.1) is 6.92 Å². The maximum Gasteiger partial charge on any atom is 0.0730 e. The van der Waals surface area contributed by atoms with Crippen molar-refractivity contribution in [2.45, 2.75) is 17.9 Å². The van der Waals surface area contributed by atoms with E-state index < -0.39 is 0 Å². The molecule has 0 aromatic heterocycles. The summed E-state index contributed by atoms with van der Waals surface area (Å²) >= 11 is 4.92. The van der Waals surface area contributed by atoms with Gasteiger partial charge < -0.3 is 5.11 Å². The second kappa shape index (κ2) is 5.68. The molecule has 1 N–H and O–H groups in total. The van der Waals surface area contributed by atoms with Crippen LogP contribution >= 0.6 is 27.7 Å². The zero-order chi connectivity index (χ0) is 9.68. The maximum atomic E-state index is 9.31. The Morgan fingerprint density at radius 3 is 2.54 bits per heavy atom. The lowest BCUT2D eigenvalue weighted by atomic mass is 10.2. The molecule has 0 saturated heterocycles. The predicted octanol–water partition coefficient (Wildman–Crippen LogP) is 2.84. The number of halogens is 1. The van der Waals surface area contributed by atoms with Crippen molar-refractivity contribution in [3.05, 3.63) is 29.8 Å². The molecule has 0 aliphatic heterocycles. The molecule has 3 heteroatoms. The van der Waals surface area contributed by atoms with E-state index in [-0.39, 0.29) is 6.10 Å². The molecule has 1 aromatic carbocycles. The van der Waals surface area contributed by atoms with Crippen LogP contribution in [0.3, 0.4) is 0 Å². The largest absolute Gasteiger partial charge is 0.391 e. The molecular formula is C10H13BrOS. The van der Waals surface area contributed by atoms with Crippen molar-refractivity contribution in [1.29, 1.82) is 0 Å². The van der Waals surface area contributed by atoms with E-state index in [0.29, 0.717) is 5.33 Å². The van der Waals surface area contributed by atoms with Gasteiger partial charge in [-0.25, -0.2) is 0 Å². The first-order chi connectivity index (χ1) is 6.22. The van der Waals surface area contributed by atoms with Crippen LogP contribution in [0.15, 0.2) is 29.2 Å². The summed E-state index contributed by atoms with van der Waals surface area (Å²) in [4.78, 5) is 1.21. The average molecular weight is 261 g/mol. The molecule has 0 saturated carbocycles. The minimum absolute atomic E-state index is 0.258. The highest BCUT2D eigenvalue weighted by Gasteiger charge is 2.01. The number of hydrogen-bond donors (Lipinski definition) is 1. The topological polar surface area (TPSA) is 20.2 Å². The Morgan fingerprint density at radius 2 is 2.00 bits per heavy atom. The summed E-state index contributed by atoms with van der Waals surface area (Å²) in [7, 11) is 0. The van der Waals surface area contributed by atoms with Gasteiger partial charge >= 0.3 is 0 Å². The summed E-state index contributed by atoms with van der Waals surface area (Å²) in [5.74, 6) is 0.744. The molecule has 1 unspecified atom stereocenters. The van der Waals surface area contributed by atoms with E-state index in [1.165, 1.54) is 10.5 Å². The molecule has 1 rings (SSSR count). The zero-order valence-corrected chi connectivity index (χ0v) is 9.94. The molecule has 0 fully saturated rings. The summed E-state index contributed by atoms with van der Waals surface area (Å²) in [5, 5.41) is 9.95. The van der Waals surface area contributed by atoms with Gasteiger partial charge in [0.05, 0.1) is 6.10 Å². The quantitative estimate of drug-likeness (QED) is 0.664. The number of rotatable bonds is 4. The molecule has 0 spiro atoms. The van der Waals surface area contributed by atoms with Crippen molar-refractivity contribution in [2.75, 3.05) is 11.1 Å². The van der Waals surface area contributed by atoms with Gasteiger partial charge in [-0.3, -0.25) is 0 Å².